The number of hydrogen-bond acceptors (Lipinski definition) is 5. The molecule has 152 valence electrons. The van der Waals surface area contributed by atoms with Gasteiger partial charge in [0, 0.05) is 32.1 Å². The summed E-state index contributed by atoms with van der Waals surface area (Å²) in [4.78, 5) is 26.5. The first-order valence-corrected chi connectivity index (χ1v) is 11.5. The van der Waals surface area contributed by atoms with Crippen molar-refractivity contribution in [1.29, 1.82) is 0 Å². The van der Waals surface area contributed by atoms with Crippen LogP contribution in [0, 0.1) is 11.8 Å². The summed E-state index contributed by atoms with van der Waals surface area (Å²) in [6.07, 6.45) is 1.20. The van der Waals surface area contributed by atoms with Crippen LogP contribution >= 0.6 is 11.3 Å². The Labute approximate surface area is 165 Å². The molecule has 2 heterocycles. The molecule has 1 aromatic heterocycles. The van der Waals surface area contributed by atoms with Crippen LogP contribution in [-0.2, 0) is 19.6 Å². The summed E-state index contributed by atoms with van der Waals surface area (Å²) in [5.74, 6) is 0.0898. The van der Waals surface area contributed by atoms with E-state index >= 15 is 0 Å². The number of nitrogens with zero attached hydrogens (tertiary/aromatic N) is 2. The largest absolute Gasteiger partial charge is 0.353 e. The minimum Gasteiger partial charge on any atom is -0.353 e. The Bertz CT molecular complexity index is 739. The molecule has 0 saturated carbocycles. The minimum absolute atomic E-state index is 0.0423. The third kappa shape index (κ3) is 5.52. The zero-order chi connectivity index (χ0) is 20.2. The highest BCUT2D eigenvalue weighted by atomic mass is 32.2. The van der Waals surface area contributed by atoms with Crippen molar-refractivity contribution in [2.45, 2.75) is 43.9 Å². The van der Waals surface area contributed by atoms with Gasteiger partial charge in [-0.3, -0.25) is 9.59 Å². The number of thiophene rings is 1. The van der Waals surface area contributed by atoms with Crippen LogP contribution < -0.4 is 5.32 Å². The van der Waals surface area contributed by atoms with Gasteiger partial charge in [0.05, 0.1) is 6.54 Å². The number of piperidine rings is 1. The molecular formula is C18H29N3O4S2. The molecule has 1 unspecified atom stereocenters. The summed E-state index contributed by atoms with van der Waals surface area (Å²) < 4.78 is 26.2. The first-order chi connectivity index (χ1) is 12.6. The Kier molecular flexibility index (Phi) is 7.41. The Morgan fingerprint density at radius 3 is 2.44 bits per heavy atom. The van der Waals surface area contributed by atoms with E-state index in [2.05, 4.69) is 19.2 Å². The van der Waals surface area contributed by atoms with Gasteiger partial charge in [0.15, 0.2) is 0 Å². The highest BCUT2D eigenvalue weighted by Gasteiger charge is 2.30. The predicted octanol–water partition coefficient (Wildman–Crippen LogP) is 1.77. The quantitative estimate of drug-likeness (QED) is 0.735. The van der Waals surface area contributed by atoms with Crippen LogP contribution in [0.2, 0.25) is 0 Å². The number of hydrogen-bond donors (Lipinski definition) is 1. The number of sulfonamides is 1. The Morgan fingerprint density at radius 1 is 1.30 bits per heavy atom. The highest BCUT2D eigenvalue weighted by molar-refractivity contribution is 7.91. The number of likely N-dealkylation sites (N-methyl/N-ethyl adjacent to an activating group) is 1. The second-order valence-electron chi connectivity index (χ2n) is 7.39. The van der Waals surface area contributed by atoms with Crippen molar-refractivity contribution < 1.29 is 18.0 Å². The van der Waals surface area contributed by atoms with Gasteiger partial charge in [-0.15, -0.1) is 11.3 Å². The van der Waals surface area contributed by atoms with Crippen LogP contribution in [0.5, 0.6) is 0 Å². The van der Waals surface area contributed by atoms with Crippen molar-refractivity contribution in [2.24, 2.45) is 11.8 Å². The second kappa shape index (κ2) is 9.16. The fourth-order valence-electron chi connectivity index (χ4n) is 2.84. The van der Waals surface area contributed by atoms with Gasteiger partial charge >= 0.3 is 0 Å². The monoisotopic (exact) mass is 415 g/mol. The molecule has 0 spiro atoms. The van der Waals surface area contributed by atoms with Crippen LogP contribution in [-0.4, -0.2) is 62.2 Å². The molecule has 2 amide bonds. The van der Waals surface area contributed by atoms with Crippen molar-refractivity contribution in [3.05, 3.63) is 17.5 Å². The first-order valence-electron chi connectivity index (χ1n) is 9.21. The predicted molar refractivity (Wildman–Crippen MR) is 106 cm³/mol. The molecule has 1 saturated heterocycles. The van der Waals surface area contributed by atoms with Crippen LogP contribution in [0.15, 0.2) is 21.7 Å². The van der Waals surface area contributed by atoms with E-state index in [1.54, 1.807) is 16.3 Å². The molecule has 9 heteroatoms. The number of carbonyl (C=O) groups is 2. The lowest BCUT2D eigenvalue weighted by Gasteiger charge is -2.33. The lowest BCUT2D eigenvalue weighted by molar-refractivity contribution is -0.135. The maximum atomic E-state index is 12.5. The Hall–Kier alpha value is -1.45. The maximum Gasteiger partial charge on any atom is 0.252 e. The number of nitrogens with one attached hydrogen (secondary N) is 1. The molecule has 0 aliphatic carbocycles. The summed E-state index contributed by atoms with van der Waals surface area (Å²) in [7, 11) is -2.22. The van der Waals surface area contributed by atoms with Crippen molar-refractivity contribution in [3.8, 4) is 0 Å². The van der Waals surface area contributed by atoms with E-state index in [0.717, 1.165) is 15.6 Å². The number of carbonyl (C=O) groups excluding carboxylic acids is 2. The Morgan fingerprint density at radius 2 is 1.93 bits per heavy atom. The summed E-state index contributed by atoms with van der Waals surface area (Å²) >= 11 is 1.13. The van der Waals surface area contributed by atoms with E-state index in [0.29, 0.717) is 31.8 Å². The summed E-state index contributed by atoms with van der Waals surface area (Å²) in [5.41, 5.74) is 0. The molecule has 7 nitrogen and oxygen atoms in total. The molecule has 1 fully saturated rings. The first kappa shape index (κ1) is 21.8. The molecule has 1 aliphatic rings. The van der Waals surface area contributed by atoms with Crippen molar-refractivity contribution >= 4 is 33.2 Å². The highest BCUT2D eigenvalue weighted by Crippen LogP contribution is 2.21. The minimum atomic E-state index is -3.64. The van der Waals surface area contributed by atoms with E-state index in [1.165, 1.54) is 13.1 Å². The van der Waals surface area contributed by atoms with E-state index in [-0.39, 0.29) is 34.5 Å². The van der Waals surface area contributed by atoms with E-state index in [9.17, 15) is 18.0 Å². The normalized spacial score (nSPS) is 17.3. The fourth-order valence-corrected chi connectivity index (χ4v) is 5.16. The number of amides is 2. The smallest absolute Gasteiger partial charge is 0.252 e. The second-order valence-corrected chi connectivity index (χ2v) is 10.6. The third-order valence-corrected chi connectivity index (χ3v) is 8.28. The van der Waals surface area contributed by atoms with Crippen LogP contribution in [0.25, 0.3) is 0 Å². The summed E-state index contributed by atoms with van der Waals surface area (Å²) in [6, 6.07) is 3.32. The lowest BCUT2D eigenvalue weighted by Crippen LogP contribution is -2.48. The zero-order valence-corrected chi connectivity index (χ0v) is 18.0. The summed E-state index contributed by atoms with van der Waals surface area (Å²) in [5, 5.41) is 4.73. The molecule has 2 rings (SSSR count). The van der Waals surface area contributed by atoms with Gasteiger partial charge in [-0.25, -0.2) is 8.42 Å². The van der Waals surface area contributed by atoms with Crippen LogP contribution in [0.1, 0.15) is 33.6 Å². The van der Waals surface area contributed by atoms with Gasteiger partial charge < -0.3 is 10.2 Å². The van der Waals surface area contributed by atoms with Gasteiger partial charge in [0.2, 0.25) is 11.8 Å². The van der Waals surface area contributed by atoms with Crippen LogP contribution in [0.3, 0.4) is 0 Å². The molecule has 1 N–H and O–H groups in total. The van der Waals surface area contributed by atoms with Gasteiger partial charge in [-0.05, 0) is 37.1 Å². The van der Waals surface area contributed by atoms with E-state index < -0.39 is 10.0 Å². The average Bonchev–Trinajstić information content (AvgIpc) is 3.17. The van der Waals surface area contributed by atoms with Crippen molar-refractivity contribution in [1.82, 2.24) is 14.5 Å². The molecule has 0 radical (unpaired) electrons. The van der Waals surface area contributed by atoms with E-state index in [1.807, 2.05) is 6.92 Å². The number of rotatable bonds is 7. The SMILES string of the molecule is CC(C)C(C)NC(=O)C1CCN(C(=O)CN(C)S(=O)(=O)c2cccs2)CC1. The van der Waals surface area contributed by atoms with Gasteiger partial charge in [0.1, 0.15) is 4.21 Å². The summed E-state index contributed by atoms with van der Waals surface area (Å²) in [6.45, 7) is 6.87. The molecule has 0 aromatic carbocycles. The van der Waals surface area contributed by atoms with Gasteiger partial charge in [-0.1, -0.05) is 19.9 Å². The molecule has 0 bridgehead atoms. The van der Waals surface area contributed by atoms with Crippen LogP contribution in [0.4, 0.5) is 0 Å². The molecular weight excluding hydrogens is 386 g/mol. The fraction of sp³-hybridized carbons (Fsp3) is 0.667. The lowest BCUT2D eigenvalue weighted by atomic mass is 9.94. The standard InChI is InChI=1S/C18H29N3O4S2/c1-13(2)14(3)19-18(23)15-7-9-21(10-8-15)16(22)12-20(4)27(24,25)17-6-5-11-26-17/h5-6,11,13-15H,7-10,12H2,1-4H3,(H,19,23). The third-order valence-electron chi connectivity index (χ3n) is 5.11. The molecule has 1 aromatic rings. The molecule has 1 atom stereocenters. The van der Waals surface area contributed by atoms with Gasteiger partial charge in [-0.2, -0.15) is 4.31 Å². The van der Waals surface area contributed by atoms with Gasteiger partial charge in [0.25, 0.3) is 10.0 Å². The number of likely N-dealkylation sites (tertiary alicyclic amines) is 1. The Balaban J connectivity index is 1.85. The molecule has 27 heavy (non-hydrogen) atoms. The zero-order valence-electron chi connectivity index (χ0n) is 16.3. The molecule has 1 aliphatic heterocycles. The maximum absolute atomic E-state index is 12.5. The topological polar surface area (TPSA) is 86.8 Å². The van der Waals surface area contributed by atoms with E-state index in [4.69, 9.17) is 0 Å². The van der Waals surface area contributed by atoms with Crippen molar-refractivity contribution in [3.63, 3.8) is 0 Å². The van der Waals surface area contributed by atoms with Crippen molar-refractivity contribution in [2.75, 3.05) is 26.7 Å². The average molecular weight is 416 g/mol.